The summed E-state index contributed by atoms with van der Waals surface area (Å²) in [5, 5.41) is 4.55. The van der Waals surface area contributed by atoms with Crippen LogP contribution in [0.3, 0.4) is 0 Å². The van der Waals surface area contributed by atoms with Gasteiger partial charge in [0.1, 0.15) is 0 Å². The van der Waals surface area contributed by atoms with Gasteiger partial charge >= 0.3 is 0 Å². The molecule has 1 saturated carbocycles. The number of nitrogens with zero attached hydrogens (tertiary/aromatic N) is 1. The summed E-state index contributed by atoms with van der Waals surface area (Å²) in [5.74, 6) is 0.588. The van der Waals surface area contributed by atoms with Crippen LogP contribution < -0.4 is 5.32 Å². The van der Waals surface area contributed by atoms with E-state index >= 15 is 0 Å². The summed E-state index contributed by atoms with van der Waals surface area (Å²) in [6.07, 6.45) is 13.6. The molecule has 1 heterocycles. The van der Waals surface area contributed by atoms with E-state index in [4.69, 9.17) is 11.6 Å². The van der Waals surface area contributed by atoms with Crippen molar-refractivity contribution in [2.45, 2.75) is 51.6 Å². The number of fused-ring (bicyclic) bond motifs is 1. The van der Waals surface area contributed by atoms with Crippen molar-refractivity contribution >= 4 is 11.6 Å². The number of hydrogen-bond acceptors (Lipinski definition) is 2. The highest BCUT2D eigenvalue weighted by Crippen LogP contribution is 2.43. The molecule has 1 saturated heterocycles. The van der Waals surface area contributed by atoms with E-state index in [1.807, 2.05) is 6.92 Å². The van der Waals surface area contributed by atoms with Crippen molar-refractivity contribution < 1.29 is 0 Å². The SMILES string of the molecule is C=CC.C=CCC1CC(N2CCNC(C)(C)C2)C2=CCC(Cl)=CC=C21. The van der Waals surface area contributed by atoms with Gasteiger partial charge in [0.15, 0.2) is 0 Å². The van der Waals surface area contributed by atoms with E-state index in [2.05, 4.69) is 61.5 Å². The first-order valence-corrected chi connectivity index (χ1v) is 9.73. The summed E-state index contributed by atoms with van der Waals surface area (Å²) in [4.78, 5) is 2.67. The Bertz CT molecular complexity index is 583. The lowest BCUT2D eigenvalue weighted by Crippen LogP contribution is -2.59. The van der Waals surface area contributed by atoms with E-state index in [1.54, 1.807) is 6.08 Å². The lowest BCUT2D eigenvalue weighted by molar-refractivity contribution is 0.122. The molecular weight excluding hydrogens is 328 g/mol. The quantitative estimate of drug-likeness (QED) is 0.695. The Morgan fingerprint density at radius 3 is 2.68 bits per heavy atom. The van der Waals surface area contributed by atoms with Gasteiger partial charge < -0.3 is 5.32 Å². The zero-order valence-corrected chi connectivity index (χ0v) is 16.8. The van der Waals surface area contributed by atoms with Gasteiger partial charge in [0.05, 0.1) is 0 Å². The summed E-state index contributed by atoms with van der Waals surface area (Å²) >= 11 is 6.26. The predicted molar refractivity (Wildman–Crippen MR) is 111 cm³/mol. The lowest BCUT2D eigenvalue weighted by Gasteiger charge is -2.42. The van der Waals surface area contributed by atoms with Gasteiger partial charge in [0.2, 0.25) is 0 Å². The van der Waals surface area contributed by atoms with Crippen LogP contribution in [0.5, 0.6) is 0 Å². The van der Waals surface area contributed by atoms with E-state index in [1.165, 1.54) is 17.6 Å². The van der Waals surface area contributed by atoms with Gasteiger partial charge in [-0.3, -0.25) is 4.90 Å². The van der Waals surface area contributed by atoms with Crippen molar-refractivity contribution in [1.82, 2.24) is 10.2 Å². The predicted octanol–water partition coefficient (Wildman–Crippen LogP) is 5.21. The van der Waals surface area contributed by atoms with Gasteiger partial charge in [-0.2, -0.15) is 0 Å². The number of halogens is 1. The molecule has 0 aromatic rings. The summed E-state index contributed by atoms with van der Waals surface area (Å²) in [6.45, 7) is 17.1. The molecule has 3 heteroatoms. The molecule has 25 heavy (non-hydrogen) atoms. The molecule has 0 aromatic carbocycles. The molecule has 0 amide bonds. The smallest absolute Gasteiger partial charge is 0.0355 e. The van der Waals surface area contributed by atoms with Gasteiger partial charge in [0.25, 0.3) is 0 Å². The van der Waals surface area contributed by atoms with Crippen LogP contribution in [-0.2, 0) is 0 Å². The molecule has 2 fully saturated rings. The third-order valence-electron chi connectivity index (χ3n) is 5.09. The topological polar surface area (TPSA) is 15.3 Å². The lowest BCUT2D eigenvalue weighted by atomic mass is 9.97. The Balaban J connectivity index is 0.000000701. The Morgan fingerprint density at radius 2 is 2.04 bits per heavy atom. The van der Waals surface area contributed by atoms with Crippen molar-refractivity contribution in [1.29, 1.82) is 0 Å². The van der Waals surface area contributed by atoms with Gasteiger partial charge in [-0.1, -0.05) is 35.9 Å². The third-order valence-corrected chi connectivity index (χ3v) is 5.37. The van der Waals surface area contributed by atoms with Crippen molar-refractivity contribution in [3.63, 3.8) is 0 Å². The van der Waals surface area contributed by atoms with Crippen molar-refractivity contribution in [2.24, 2.45) is 5.92 Å². The molecular formula is C22H33ClN2. The average Bonchev–Trinajstić information content (AvgIpc) is 2.77. The highest BCUT2D eigenvalue weighted by atomic mass is 35.5. The van der Waals surface area contributed by atoms with E-state index in [-0.39, 0.29) is 5.54 Å². The number of allylic oxidation sites excluding steroid dienone is 6. The fraction of sp³-hybridized carbons (Fsp3) is 0.545. The molecule has 0 radical (unpaired) electrons. The third kappa shape index (κ3) is 5.20. The minimum atomic E-state index is 0.194. The number of piperazine rings is 1. The second-order valence-corrected chi connectivity index (χ2v) is 8.25. The monoisotopic (exact) mass is 360 g/mol. The number of rotatable bonds is 3. The van der Waals surface area contributed by atoms with E-state index in [0.29, 0.717) is 12.0 Å². The molecule has 0 bridgehead atoms. The Morgan fingerprint density at radius 1 is 1.32 bits per heavy atom. The van der Waals surface area contributed by atoms with Crippen molar-refractivity contribution in [3.8, 4) is 0 Å². The summed E-state index contributed by atoms with van der Waals surface area (Å²) < 4.78 is 0. The molecule has 3 rings (SSSR count). The minimum absolute atomic E-state index is 0.194. The van der Waals surface area contributed by atoms with Crippen LogP contribution in [0.15, 0.2) is 59.7 Å². The maximum Gasteiger partial charge on any atom is 0.0355 e. The van der Waals surface area contributed by atoms with Crippen LogP contribution in [0.1, 0.15) is 40.0 Å². The van der Waals surface area contributed by atoms with E-state index in [0.717, 1.165) is 37.5 Å². The zero-order chi connectivity index (χ0) is 18.4. The molecule has 2 aliphatic carbocycles. The molecule has 1 aliphatic heterocycles. The largest absolute Gasteiger partial charge is 0.309 e. The maximum atomic E-state index is 6.26. The van der Waals surface area contributed by atoms with Crippen LogP contribution >= 0.6 is 11.6 Å². The average molecular weight is 361 g/mol. The highest BCUT2D eigenvalue weighted by molar-refractivity contribution is 6.29. The van der Waals surface area contributed by atoms with E-state index < -0.39 is 0 Å². The number of hydrogen-bond donors (Lipinski definition) is 1. The van der Waals surface area contributed by atoms with Crippen LogP contribution in [0.4, 0.5) is 0 Å². The summed E-state index contributed by atoms with van der Waals surface area (Å²) in [6, 6.07) is 0.536. The second kappa shape index (κ2) is 9.02. The van der Waals surface area contributed by atoms with Gasteiger partial charge in [-0.05, 0) is 56.8 Å². The molecule has 0 spiro atoms. The Hall–Kier alpha value is -1.09. The fourth-order valence-corrected chi connectivity index (χ4v) is 4.25. The molecule has 2 atom stereocenters. The molecule has 1 N–H and O–H groups in total. The standard InChI is InChI=1S/C19H27ClN2.C3H6/c1-4-5-14-12-18(22-11-10-21-19(2,3)13-22)17-9-7-15(20)6-8-16(14)17;1-3-2/h4,6,8-9,14,18,21H,1,5,7,10-13H2,2-3H3;3H,1H2,2H3. The molecule has 0 aromatic heterocycles. The van der Waals surface area contributed by atoms with Crippen molar-refractivity contribution in [3.05, 3.63) is 59.7 Å². The van der Waals surface area contributed by atoms with Gasteiger partial charge in [0, 0.05) is 42.7 Å². The first kappa shape index (κ1) is 20.2. The van der Waals surface area contributed by atoms with Crippen molar-refractivity contribution in [2.75, 3.05) is 19.6 Å². The normalized spacial score (nSPS) is 28.4. The molecule has 138 valence electrons. The van der Waals surface area contributed by atoms with Crippen LogP contribution in [0.25, 0.3) is 0 Å². The van der Waals surface area contributed by atoms with Crippen LogP contribution in [0.2, 0.25) is 0 Å². The second-order valence-electron chi connectivity index (χ2n) is 7.76. The minimum Gasteiger partial charge on any atom is -0.309 e. The first-order valence-electron chi connectivity index (χ1n) is 9.35. The van der Waals surface area contributed by atoms with Crippen LogP contribution in [0, 0.1) is 5.92 Å². The zero-order valence-electron chi connectivity index (χ0n) is 16.0. The summed E-state index contributed by atoms with van der Waals surface area (Å²) in [5.41, 5.74) is 3.19. The molecule has 2 unspecified atom stereocenters. The highest BCUT2D eigenvalue weighted by Gasteiger charge is 2.39. The Labute approximate surface area is 159 Å². The first-order chi connectivity index (χ1) is 11.9. The fourth-order valence-electron chi connectivity index (χ4n) is 4.11. The molecule has 3 aliphatic rings. The Kier molecular flexibility index (Phi) is 7.30. The molecule has 2 nitrogen and oxygen atoms in total. The van der Waals surface area contributed by atoms with Gasteiger partial charge in [-0.25, -0.2) is 0 Å². The van der Waals surface area contributed by atoms with E-state index in [9.17, 15) is 0 Å². The summed E-state index contributed by atoms with van der Waals surface area (Å²) in [7, 11) is 0. The van der Waals surface area contributed by atoms with Gasteiger partial charge in [-0.15, -0.1) is 13.2 Å². The maximum absolute atomic E-state index is 6.26. The number of nitrogens with one attached hydrogen (secondary N) is 1. The van der Waals surface area contributed by atoms with Crippen LogP contribution in [-0.4, -0.2) is 36.1 Å².